The van der Waals surface area contributed by atoms with Gasteiger partial charge >= 0.3 is 0 Å². The molecule has 3 rings (SSSR count). The molecule has 1 heterocycles. The van der Waals surface area contributed by atoms with E-state index in [-0.39, 0.29) is 28.4 Å². The fraction of sp³-hybridized carbons (Fsp3) is 0.211. The maximum atomic E-state index is 12.8. The molecule has 0 unspecified atom stereocenters. The van der Waals surface area contributed by atoms with Gasteiger partial charge in [0, 0.05) is 11.1 Å². The average molecular weight is 358 g/mol. The molecule has 0 amide bonds. The summed E-state index contributed by atoms with van der Waals surface area (Å²) >= 11 is 0. The van der Waals surface area contributed by atoms with Crippen molar-refractivity contribution in [3.05, 3.63) is 59.2 Å². The van der Waals surface area contributed by atoms with Crippen molar-refractivity contribution < 1.29 is 22.7 Å². The minimum Gasteiger partial charge on any atom is -0.493 e. The summed E-state index contributed by atoms with van der Waals surface area (Å²) in [6, 6.07) is 11.7. The minimum atomic E-state index is -3.47. The number of carbonyl (C=O) groups is 1. The van der Waals surface area contributed by atoms with Crippen LogP contribution in [0.2, 0.25) is 0 Å². The molecule has 0 aromatic heterocycles. The quantitative estimate of drug-likeness (QED) is 0.789. The van der Waals surface area contributed by atoms with E-state index in [0.717, 1.165) is 5.56 Å². The second-order valence-electron chi connectivity index (χ2n) is 5.68. The lowest BCUT2D eigenvalue weighted by molar-refractivity contribution is 0.103. The lowest BCUT2D eigenvalue weighted by Crippen LogP contribution is -2.06. The minimum absolute atomic E-state index is 0.0884. The molecule has 0 bridgehead atoms. The molecule has 2 aromatic rings. The van der Waals surface area contributed by atoms with Crippen molar-refractivity contribution in [2.24, 2.45) is 0 Å². The molecule has 6 heteroatoms. The first-order chi connectivity index (χ1) is 12.0. The number of ether oxygens (including phenoxy) is 2. The van der Waals surface area contributed by atoms with Crippen molar-refractivity contribution in [3.63, 3.8) is 0 Å². The van der Waals surface area contributed by atoms with Crippen LogP contribution in [0, 0.1) is 0 Å². The molecule has 0 saturated carbocycles. The molecule has 0 atom stereocenters. The molecule has 25 heavy (non-hydrogen) atoms. The molecule has 130 valence electrons. The van der Waals surface area contributed by atoms with Crippen molar-refractivity contribution >= 4 is 21.7 Å². The van der Waals surface area contributed by atoms with E-state index in [1.165, 1.54) is 13.2 Å². The maximum absolute atomic E-state index is 12.8. The summed E-state index contributed by atoms with van der Waals surface area (Å²) in [7, 11) is -0.382. The Kier molecular flexibility index (Phi) is 4.63. The van der Waals surface area contributed by atoms with Crippen LogP contribution in [0.5, 0.6) is 11.5 Å². The zero-order chi connectivity index (χ0) is 18.0. The Labute approximate surface area is 146 Å². The van der Waals surface area contributed by atoms with E-state index in [2.05, 4.69) is 0 Å². The summed E-state index contributed by atoms with van der Waals surface area (Å²) in [5, 5.41) is 0. The summed E-state index contributed by atoms with van der Waals surface area (Å²) in [5.41, 5.74) is 1.44. The van der Waals surface area contributed by atoms with Gasteiger partial charge in [0.2, 0.25) is 0 Å². The van der Waals surface area contributed by atoms with Gasteiger partial charge in [0.1, 0.15) is 0 Å². The number of carbonyl (C=O) groups excluding carboxylic acids is 1. The van der Waals surface area contributed by atoms with Crippen LogP contribution in [-0.4, -0.2) is 34.2 Å². The van der Waals surface area contributed by atoms with Crippen LogP contribution >= 0.6 is 0 Å². The van der Waals surface area contributed by atoms with E-state index in [1.54, 1.807) is 49.6 Å². The van der Waals surface area contributed by atoms with Crippen LogP contribution < -0.4 is 9.47 Å². The smallest absolute Gasteiger partial charge is 0.190 e. The molecule has 0 radical (unpaired) electrons. The van der Waals surface area contributed by atoms with Crippen molar-refractivity contribution in [2.75, 3.05) is 20.0 Å². The fourth-order valence-electron chi connectivity index (χ4n) is 2.85. The fourth-order valence-corrected chi connectivity index (χ4v) is 4.34. The molecule has 2 aromatic carbocycles. The summed E-state index contributed by atoms with van der Waals surface area (Å²) in [6.07, 6.45) is 1.88. The zero-order valence-electron chi connectivity index (χ0n) is 14.0. The summed E-state index contributed by atoms with van der Waals surface area (Å²) in [4.78, 5) is 12.9. The first kappa shape index (κ1) is 17.2. The number of benzene rings is 2. The van der Waals surface area contributed by atoms with Crippen LogP contribution in [0.1, 0.15) is 22.3 Å². The molecule has 1 aliphatic heterocycles. The van der Waals surface area contributed by atoms with Crippen LogP contribution in [0.4, 0.5) is 0 Å². The van der Waals surface area contributed by atoms with E-state index in [4.69, 9.17) is 9.47 Å². The van der Waals surface area contributed by atoms with Gasteiger partial charge in [-0.15, -0.1) is 0 Å². The lowest BCUT2D eigenvalue weighted by Gasteiger charge is -2.09. The largest absolute Gasteiger partial charge is 0.493 e. The molecule has 0 spiro atoms. The van der Waals surface area contributed by atoms with E-state index >= 15 is 0 Å². The third-order valence-electron chi connectivity index (χ3n) is 4.15. The van der Waals surface area contributed by atoms with Crippen LogP contribution in [0.25, 0.3) is 6.08 Å². The van der Waals surface area contributed by atoms with Gasteiger partial charge in [0.25, 0.3) is 0 Å². The number of hydrogen-bond acceptors (Lipinski definition) is 5. The molecule has 0 saturated heterocycles. The number of sulfone groups is 1. The highest BCUT2D eigenvalue weighted by molar-refractivity contribution is 7.91. The first-order valence-corrected chi connectivity index (χ1v) is 9.40. The highest BCUT2D eigenvalue weighted by Crippen LogP contribution is 2.31. The van der Waals surface area contributed by atoms with E-state index in [9.17, 15) is 13.2 Å². The van der Waals surface area contributed by atoms with E-state index in [0.29, 0.717) is 17.1 Å². The SMILES string of the molecule is COc1ccc(/C=C2\CCS(=O)(=O)c3ccccc3C2=O)cc1OC. The van der Waals surface area contributed by atoms with Gasteiger partial charge in [-0.1, -0.05) is 18.2 Å². The van der Waals surface area contributed by atoms with Gasteiger partial charge in [0.15, 0.2) is 27.1 Å². The second-order valence-corrected chi connectivity index (χ2v) is 7.76. The van der Waals surface area contributed by atoms with Gasteiger partial charge in [-0.3, -0.25) is 4.79 Å². The van der Waals surface area contributed by atoms with Gasteiger partial charge in [-0.25, -0.2) is 8.42 Å². The van der Waals surface area contributed by atoms with Crippen molar-refractivity contribution in [3.8, 4) is 11.5 Å². The lowest BCUT2D eigenvalue weighted by atomic mass is 9.99. The topological polar surface area (TPSA) is 69.7 Å². The molecule has 0 N–H and O–H groups in total. The van der Waals surface area contributed by atoms with E-state index in [1.807, 2.05) is 0 Å². The summed E-state index contributed by atoms with van der Waals surface area (Å²) < 4.78 is 35.3. The Bertz CT molecular complexity index is 958. The van der Waals surface area contributed by atoms with E-state index < -0.39 is 9.84 Å². The van der Waals surface area contributed by atoms with Gasteiger partial charge in [-0.2, -0.15) is 0 Å². The molecule has 0 fully saturated rings. The summed E-state index contributed by atoms with van der Waals surface area (Å²) in [5.74, 6) is 0.789. The predicted octanol–water partition coefficient (Wildman–Crippen LogP) is 3.15. The number of allylic oxidation sites excluding steroid dienone is 1. The van der Waals surface area contributed by atoms with Crippen LogP contribution in [-0.2, 0) is 9.84 Å². The van der Waals surface area contributed by atoms with Gasteiger partial charge in [0.05, 0.1) is 24.9 Å². The molecule has 1 aliphatic rings. The number of Topliss-reactive ketones (excluding diaryl/α,β-unsaturated/α-hetero) is 1. The van der Waals surface area contributed by atoms with Gasteiger partial charge < -0.3 is 9.47 Å². The Morgan fingerprint density at radius 3 is 2.44 bits per heavy atom. The number of ketones is 1. The molecule has 0 aliphatic carbocycles. The molecule has 5 nitrogen and oxygen atoms in total. The first-order valence-electron chi connectivity index (χ1n) is 7.75. The zero-order valence-corrected chi connectivity index (χ0v) is 14.8. The average Bonchev–Trinajstić information content (AvgIpc) is 2.72. The number of hydrogen-bond donors (Lipinski definition) is 0. The third kappa shape index (κ3) is 3.30. The highest BCUT2D eigenvalue weighted by Gasteiger charge is 2.28. The van der Waals surface area contributed by atoms with Crippen LogP contribution in [0.3, 0.4) is 0 Å². The number of fused-ring (bicyclic) bond motifs is 1. The highest BCUT2D eigenvalue weighted by atomic mass is 32.2. The normalized spacial score (nSPS) is 17.7. The van der Waals surface area contributed by atoms with Gasteiger partial charge in [-0.05, 0) is 42.3 Å². The predicted molar refractivity (Wildman–Crippen MR) is 95.0 cm³/mol. The Morgan fingerprint density at radius 2 is 1.72 bits per heavy atom. The number of rotatable bonds is 3. The third-order valence-corrected chi connectivity index (χ3v) is 5.91. The number of methoxy groups -OCH3 is 2. The molecular formula is C19H18O5S. The second kappa shape index (κ2) is 6.72. The maximum Gasteiger partial charge on any atom is 0.190 e. The van der Waals surface area contributed by atoms with Crippen molar-refractivity contribution in [1.82, 2.24) is 0 Å². The van der Waals surface area contributed by atoms with Crippen LogP contribution in [0.15, 0.2) is 52.9 Å². The molecular weight excluding hydrogens is 340 g/mol. The Morgan fingerprint density at radius 1 is 1.00 bits per heavy atom. The Balaban J connectivity index is 2.07. The van der Waals surface area contributed by atoms with Crippen molar-refractivity contribution in [1.29, 1.82) is 0 Å². The Hall–Kier alpha value is -2.60. The standard InChI is InChI=1S/C19H18O5S/c1-23-16-8-7-13(12-17(16)24-2)11-14-9-10-25(21,22)18-6-4-3-5-15(18)19(14)20/h3-8,11-12H,9-10H2,1-2H3/b14-11+. The van der Waals surface area contributed by atoms with Crippen molar-refractivity contribution in [2.45, 2.75) is 11.3 Å². The monoisotopic (exact) mass is 358 g/mol. The summed E-state index contributed by atoms with van der Waals surface area (Å²) in [6.45, 7) is 0.